The van der Waals surface area contributed by atoms with E-state index in [1.165, 1.54) is 16.4 Å². The molecule has 0 atom stereocenters. The second-order valence-electron chi connectivity index (χ2n) is 6.70. The van der Waals surface area contributed by atoms with Crippen molar-refractivity contribution in [2.45, 2.75) is 11.8 Å². The number of nitrogens with two attached hydrogens (primary N) is 1. The standard InChI is InChI=1S/C20H23N3O6S/c1-14-6-7-15(12-18(14)30(26,27)23-8-10-28-11-9-23)22-20(25)16-4-2-3-5-17(16)29-13-19(21)24/h2-7,12H,8-11,13H2,1H3,(H2,21,24)(H,22,25). The minimum Gasteiger partial charge on any atom is -0.483 e. The summed E-state index contributed by atoms with van der Waals surface area (Å²) in [6, 6.07) is 11.1. The van der Waals surface area contributed by atoms with Gasteiger partial charge in [0.1, 0.15) is 5.75 Å². The van der Waals surface area contributed by atoms with E-state index in [4.69, 9.17) is 15.2 Å². The Morgan fingerprint density at radius 2 is 1.87 bits per heavy atom. The van der Waals surface area contributed by atoms with Crippen molar-refractivity contribution in [2.24, 2.45) is 5.73 Å². The SMILES string of the molecule is Cc1ccc(NC(=O)c2ccccc2OCC(N)=O)cc1S(=O)(=O)N1CCOCC1. The molecule has 1 aliphatic heterocycles. The van der Waals surface area contributed by atoms with E-state index in [1.54, 1.807) is 37.3 Å². The van der Waals surface area contributed by atoms with E-state index in [0.717, 1.165) is 0 Å². The molecule has 0 spiro atoms. The topological polar surface area (TPSA) is 128 Å². The van der Waals surface area contributed by atoms with Gasteiger partial charge in [-0.25, -0.2) is 8.42 Å². The van der Waals surface area contributed by atoms with E-state index in [-0.39, 0.29) is 35.9 Å². The number of anilines is 1. The highest BCUT2D eigenvalue weighted by Gasteiger charge is 2.28. The van der Waals surface area contributed by atoms with Crippen molar-refractivity contribution in [1.29, 1.82) is 0 Å². The van der Waals surface area contributed by atoms with Gasteiger partial charge in [0.2, 0.25) is 10.0 Å². The lowest BCUT2D eigenvalue weighted by Gasteiger charge is -2.26. The van der Waals surface area contributed by atoms with Crippen LogP contribution in [-0.4, -0.2) is 57.4 Å². The van der Waals surface area contributed by atoms with E-state index in [2.05, 4.69) is 5.32 Å². The lowest BCUT2D eigenvalue weighted by Crippen LogP contribution is -2.40. The number of rotatable bonds is 7. The van der Waals surface area contributed by atoms with Gasteiger partial charge >= 0.3 is 0 Å². The summed E-state index contributed by atoms with van der Waals surface area (Å²) < 4.78 is 37.9. The summed E-state index contributed by atoms with van der Waals surface area (Å²) in [5, 5.41) is 2.69. The minimum absolute atomic E-state index is 0.125. The van der Waals surface area contributed by atoms with Gasteiger partial charge < -0.3 is 20.5 Å². The molecule has 2 aromatic rings. The Kier molecular flexibility index (Phi) is 6.70. The highest BCUT2D eigenvalue weighted by Crippen LogP contribution is 2.26. The van der Waals surface area contributed by atoms with Gasteiger partial charge in [-0.05, 0) is 36.8 Å². The van der Waals surface area contributed by atoms with Crippen molar-refractivity contribution < 1.29 is 27.5 Å². The first-order valence-corrected chi connectivity index (χ1v) is 10.7. The van der Waals surface area contributed by atoms with Crippen molar-refractivity contribution in [3.63, 3.8) is 0 Å². The summed E-state index contributed by atoms with van der Waals surface area (Å²) in [5.74, 6) is -0.975. The predicted molar refractivity (Wildman–Crippen MR) is 110 cm³/mol. The molecule has 160 valence electrons. The maximum Gasteiger partial charge on any atom is 0.259 e. The van der Waals surface area contributed by atoms with Crippen LogP contribution in [0.1, 0.15) is 15.9 Å². The van der Waals surface area contributed by atoms with Crippen LogP contribution in [0.4, 0.5) is 5.69 Å². The molecular formula is C20H23N3O6S. The third kappa shape index (κ3) is 4.96. The molecule has 3 N–H and O–H groups in total. The van der Waals surface area contributed by atoms with Crippen LogP contribution in [0.2, 0.25) is 0 Å². The van der Waals surface area contributed by atoms with E-state index in [1.807, 2.05) is 0 Å². The second-order valence-corrected chi connectivity index (χ2v) is 8.61. The number of nitrogens with one attached hydrogen (secondary N) is 1. The lowest BCUT2D eigenvalue weighted by molar-refractivity contribution is -0.119. The van der Waals surface area contributed by atoms with Crippen LogP contribution in [0.5, 0.6) is 5.75 Å². The number of hydrogen-bond donors (Lipinski definition) is 2. The first kappa shape index (κ1) is 21.8. The van der Waals surface area contributed by atoms with Crippen LogP contribution in [-0.2, 0) is 19.6 Å². The minimum atomic E-state index is -3.72. The number of para-hydroxylation sites is 1. The Morgan fingerprint density at radius 1 is 1.17 bits per heavy atom. The molecule has 0 aromatic heterocycles. The predicted octanol–water partition coefficient (Wildman–Crippen LogP) is 1.13. The van der Waals surface area contributed by atoms with Gasteiger partial charge in [0.05, 0.1) is 23.7 Å². The van der Waals surface area contributed by atoms with Crippen molar-refractivity contribution in [3.05, 3.63) is 53.6 Å². The summed E-state index contributed by atoms with van der Waals surface area (Å²) >= 11 is 0. The van der Waals surface area contributed by atoms with Crippen LogP contribution in [0, 0.1) is 6.92 Å². The van der Waals surface area contributed by atoms with Gasteiger partial charge in [0.15, 0.2) is 6.61 Å². The molecule has 1 aliphatic rings. The number of amides is 2. The van der Waals surface area contributed by atoms with Crippen molar-refractivity contribution in [1.82, 2.24) is 4.31 Å². The molecule has 0 saturated carbocycles. The van der Waals surface area contributed by atoms with Gasteiger partial charge in [0.25, 0.3) is 11.8 Å². The maximum atomic E-state index is 13.0. The molecule has 0 aliphatic carbocycles. The molecule has 1 saturated heterocycles. The molecule has 9 nitrogen and oxygen atoms in total. The summed E-state index contributed by atoms with van der Waals surface area (Å²) in [6.07, 6.45) is 0. The number of nitrogens with zero attached hydrogens (tertiary/aromatic N) is 1. The van der Waals surface area contributed by atoms with Crippen molar-refractivity contribution >= 4 is 27.5 Å². The second kappa shape index (κ2) is 9.24. The Bertz CT molecular complexity index is 1050. The number of ether oxygens (including phenoxy) is 2. The van der Waals surface area contributed by atoms with Gasteiger partial charge in [-0.1, -0.05) is 18.2 Å². The van der Waals surface area contributed by atoms with E-state index >= 15 is 0 Å². The molecule has 30 heavy (non-hydrogen) atoms. The van der Waals surface area contributed by atoms with Gasteiger partial charge in [0, 0.05) is 18.8 Å². The highest BCUT2D eigenvalue weighted by atomic mass is 32.2. The Morgan fingerprint density at radius 3 is 2.57 bits per heavy atom. The third-order valence-electron chi connectivity index (χ3n) is 4.54. The lowest BCUT2D eigenvalue weighted by atomic mass is 10.1. The molecule has 2 aromatic carbocycles. The van der Waals surface area contributed by atoms with Gasteiger partial charge in [-0.15, -0.1) is 0 Å². The number of benzene rings is 2. The molecule has 0 radical (unpaired) electrons. The Hall–Kier alpha value is -2.95. The van der Waals surface area contributed by atoms with Crippen LogP contribution in [0.15, 0.2) is 47.4 Å². The quantitative estimate of drug-likeness (QED) is 0.674. The number of aryl methyl sites for hydroxylation is 1. The van der Waals surface area contributed by atoms with Crippen LogP contribution < -0.4 is 15.8 Å². The number of primary amides is 1. The average molecular weight is 433 g/mol. The average Bonchev–Trinajstić information content (AvgIpc) is 2.74. The smallest absolute Gasteiger partial charge is 0.259 e. The largest absolute Gasteiger partial charge is 0.483 e. The molecule has 2 amide bonds. The molecule has 1 heterocycles. The Labute approximate surface area is 174 Å². The van der Waals surface area contributed by atoms with Crippen molar-refractivity contribution in [3.8, 4) is 5.75 Å². The number of hydrogen-bond acceptors (Lipinski definition) is 6. The molecule has 1 fully saturated rings. The molecular weight excluding hydrogens is 410 g/mol. The number of morpholine rings is 1. The van der Waals surface area contributed by atoms with E-state index in [0.29, 0.717) is 24.5 Å². The maximum absolute atomic E-state index is 13.0. The summed E-state index contributed by atoms with van der Waals surface area (Å²) in [4.78, 5) is 23.8. The fraction of sp³-hybridized carbons (Fsp3) is 0.300. The highest BCUT2D eigenvalue weighted by molar-refractivity contribution is 7.89. The summed E-state index contributed by atoms with van der Waals surface area (Å²) in [7, 11) is -3.72. The zero-order valence-corrected chi connectivity index (χ0v) is 17.3. The first-order chi connectivity index (χ1) is 14.3. The molecule has 3 rings (SSSR count). The number of carbonyl (C=O) groups excluding carboxylic acids is 2. The fourth-order valence-electron chi connectivity index (χ4n) is 3.01. The van der Waals surface area contributed by atoms with Gasteiger partial charge in [-0.3, -0.25) is 9.59 Å². The van der Waals surface area contributed by atoms with Gasteiger partial charge in [-0.2, -0.15) is 4.31 Å². The molecule has 0 unspecified atom stereocenters. The number of sulfonamides is 1. The zero-order valence-electron chi connectivity index (χ0n) is 16.5. The van der Waals surface area contributed by atoms with Crippen LogP contribution in [0.3, 0.4) is 0 Å². The first-order valence-electron chi connectivity index (χ1n) is 9.29. The zero-order chi connectivity index (χ0) is 21.7. The van der Waals surface area contributed by atoms with Crippen LogP contribution in [0.25, 0.3) is 0 Å². The molecule has 10 heteroatoms. The van der Waals surface area contributed by atoms with Crippen molar-refractivity contribution in [2.75, 3.05) is 38.2 Å². The summed E-state index contributed by atoms with van der Waals surface area (Å²) in [5.41, 5.74) is 6.18. The van der Waals surface area contributed by atoms with E-state index < -0.39 is 21.8 Å². The molecule has 0 bridgehead atoms. The normalized spacial score (nSPS) is 14.8. The third-order valence-corrected chi connectivity index (χ3v) is 6.58. The Balaban J connectivity index is 1.84. The number of carbonyl (C=O) groups is 2. The van der Waals surface area contributed by atoms with E-state index in [9.17, 15) is 18.0 Å². The monoisotopic (exact) mass is 433 g/mol. The summed E-state index contributed by atoms with van der Waals surface area (Å²) in [6.45, 7) is 2.59. The fourth-order valence-corrected chi connectivity index (χ4v) is 4.67. The van der Waals surface area contributed by atoms with Crippen LogP contribution >= 0.6 is 0 Å².